The smallest absolute Gasteiger partial charge is 0.253 e. The van der Waals surface area contributed by atoms with Gasteiger partial charge in [-0.2, -0.15) is 0 Å². The van der Waals surface area contributed by atoms with Gasteiger partial charge >= 0.3 is 0 Å². The minimum absolute atomic E-state index is 0.0973. The van der Waals surface area contributed by atoms with Crippen LogP contribution in [0.4, 0.5) is 0 Å². The Morgan fingerprint density at radius 2 is 1.75 bits per heavy atom. The van der Waals surface area contributed by atoms with Gasteiger partial charge in [-0.25, -0.2) is 0 Å². The molecule has 0 aliphatic carbocycles. The molecule has 20 heavy (non-hydrogen) atoms. The van der Waals surface area contributed by atoms with E-state index in [2.05, 4.69) is 24.3 Å². The number of halogens is 1. The van der Waals surface area contributed by atoms with Crippen LogP contribution in [-0.2, 0) is 0 Å². The summed E-state index contributed by atoms with van der Waals surface area (Å²) in [5.41, 5.74) is 2.03. The van der Waals surface area contributed by atoms with Crippen LogP contribution in [0.15, 0.2) is 54.6 Å². The van der Waals surface area contributed by atoms with Crippen LogP contribution >= 0.6 is 11.6 Å². The molecule has 102 valence electrons. The van der Waals surface area contributed by atoms with Gasteiger partial charge in [0.05, 0.1) is 0 Å². The molecule has 1 heterocycles. The maximum Gasteiger partial charge on any atom is 0.253 e. The molecule has 2 aromatic rings. The predicted molar refractivity (Wildman–Crippen MR) is 81.2 cm³/mol. The summed E-state index contributed by atoms with van der Waals surface area (Å²) < 4.78 is 0. The monoisotopic (exact) mass is 285 g/mol. The zero-order valence-corrected chi connectivity index (χ0v) is 11.9. The van der Waals surface area contributed by atoms with E-state index in [0.717, 1.165) is 19.5 Å². The normalized spacial score (nSPS) is 18.2. The maximum absolute atomic E-state index is 12.4. The zero-order valence-electron chi connectivity index (χ0n) is 11.1. The van der Waals surface area contributed by atoms with Gasteiger partial charge in [-0.05, 0) is 36.2 Å². The fourth-order valence-corrected chi connectivity index (χ4v) is 2.84. The molecular formula is C17H16ClNO. The Labute approximate surface area is 124 Å². The Bertz CT molecular complexity index is 594. The molecule has 1 aliphatic heterocycles. The number of hydrogen-bond donors (Lipinski definition) is 0. The van der Waals surface area contributed by atoms with Gasteiger partial charge in [0.15, 0.2) is 0 Å². The van der Waals surface area contributed by atoms with Gasteiger partial charge in [0, 0.05) is 29.6 Å². The number of likely N-dealkylation sites (tertiary alicyclic amines) is 1. The third-order valence-corrected chi connectivity index (χ3v) is 4.09. The zero-order chi connectivity index (χ0) is 13.9. The van der Waals surface area contributed by atoms with Crippen LogP contribution in [-0.4, -0.2) is 23.9 Å². The van der Waals surface area contributed by atoms with Crippen molar-refractivity contribution in [2.75, 3.05) is 13.1 Å². The highest BCUT2D eigenvalue weighted by molar-refractivity contribution is 6.30. The molecule has 0 unspecified atom stereocenters. The highest BCUT2D eigenvalue weighted by atomic mass is 35.5. The van der Waals surface area contributed by atoms with Crippen LogP contribution in [0.5, 0.6) is 0 Å². The average Bonchev–Trinajstić information content (AvgIpc) is 2.98. The van der Waals surface area contributed by atoms with Crippen molar-refractivity contribution in [3.05, 3.63) is 70.7 Å². The topological polar surface area (TPSA) is 20.3 Å². The number of amides is 1. The first-order valence-corrected chi connectivity index (χ1v) is 7.21. The van der Waals surface area contributed by atoms with Gasteiger partial charge in [-0.1, -0.05) is 41.9 Å². The van der Waals surface area contributed by atoms with Crippen molar-refractivity contribution < 1.29 is 4.79 Å². The van der Waals surface area contributed by atoms with Crippen molar-refractivity contribution in [3.8, 4) is 0 Å². The van der Waals surface area contributed by atoms with Crippen LogP contribution in [0.3, 0.4) is 0 Å². The summed E-state index contributed by atoms with van der Waals surface area (Å²) in [6.45, 7) is 1.62. The van der Waals surface area contributed by atoms with Crippen molar-refractivity contribution in [1.29, 1.82) is 0 Å². The molecule has 0 spiro atoms. The summed E-state index contributed by atoms with van der Waals surface area (Å²) in [5, 5.41) is 0.658. The molecule has 2 aromatic carbocycles. The van der Waals surface area contributed by atoms with Crippen LogP contribution in [0, 0.1) is 0 Å². The molecule has 2 nitrogen and oxygen atoms in total. The number of benzene rings is 2. The molecule has 1 atom stereocenters. The average molecular weight is 286 g/mol. The third kappa shape index (κ3) is 2.70. The molecule has 3 rings (SSSR count). The minimum atomic E-state index is 0.0973. The SMILES string of the molecule is O=C(c1ccc(Cl)cc1)N1CC[C@H](c2ccccc2)C1. The van der Waals surface area contributed by atoms with E-state index in [1.807, 2.05) is 11.0 Å². The fourth-order valence-electron chi connectivity index (χ4n) is 2.72. The van der Waals surface area contributed by atoms with E-state index in [0.29, 0.717) is 16.5 Å². The number of carbonyl (C=O) groups is 1. The highest BCUT2D eigenvalue weighted by Crippen LogP contribution is 2.28. The van der Waals surface area contributed by atoms with Crippen LogP contribution < -0.4 is 0 Å². The van der Waals surface area contributed by atoms with E-state index in [9.17, 15) is 4.79 Å². The second-order valence-corrected chi connectivity index (χ2v) is 5.59. The van der Waals surface area contributed by atoms with Gasteiger partial charge in [0.2, 0.25) is 0 Å². The van der Waals surface area contributed by atoms with Crippen molar-refractivity contribution in [2.45, 2.75) is 12.3 Å². The molecule has 0 saturated carbocycles. The first kappa shape index (κ1) is 13.2. The Kier molecular flexibility index (Phi) is 3.75. The van der Waals surface area contributed by atoms with E-state index in [1.165, 1.54) is 5.56 Å². The van der Waals surface area contributed by atoms with Crippen LogP contribution in [0.25, 0.3) is 0 Å². The van der Waals surface area contributed by atoms with Crippen molar-refractivity contribution in [3.63, 3.8) is 0 Å². The molecule has 0 radical (unpaired) electrons. The predicted octanol–water partition coefficient (Wildman–Crippen LogP) is 3.97. The number of rotatable bonds is 2. The summed E-state index contributed by atoms with van der Waals surface area (Å²) in [6.07, 6.45) is 1.03. The van der Waals surface area contributed by atoms with Gasteiger partial charge in [-0.15, -0.1) is 0 Å². The van der Waals surface area contributed by atoms with E-state index in [1.54, 1.807) is 24.3 Å². The molecule has 0 bridgehead atoms. The van der Waals surface area contributed by atoms with Gasteiger partial charge in [0.25, 0.3) is 5.91 Å². The summed E-state index contributed by atoms with van der Waals surface area (Å²) in [4.78, 5) is 14.3. The van der Waals surface area contributed by atoms with E-state index in [4.69, 9.17) is 11.6 Å². The highest BCUT2D eigenvalue weighted by Gasteiger charge is 2.27. The summed E-state index contributed by atoms with van der Waals surface area (Å²) in [6, 6.07) is 17.5. The maximum atomic E-state index is 12.4. The van der Waals surface area contributed by atoms with E-state index < -0.39 is 0 Å². The first-order valence-electron chi connectivity index (χ1n) is 6.84. The molecule has 0 N–H and O–H groups in total. The molecule has 1 fully saturated rings. The molecular weight excluding hydrogens is 270 g/mol. The van der Waals surface area contributed by atoms with E-state index in [-0.39, 0.29) is 5.91 Å². The lowest BCUT2D eigenvalue weighted by Crippen LogP contribution is -2.28. The molecule has 1 saturated heterocycles. The lowest BCUT2D eigenvalue weighted by Gasteiger charge is -2.17. The standard InChI is InChI=1S/C17H16ClNO/c18-16-8-6-14(7-9-16)17(20)19-11-10-15(12-19)13-4-2-1-3-5-13/h1-9,15H,10-12H2/t15-/m0/s1. The van der Waals surface area contributed by atoms with E-state index >= 15 is 0 Å². The van der Waals surface area contributed by atoms with Crippen molar-refractivity contribution in [1.82, 2.24) is 4.90 Å². The molecule has 3 heteroatoms. The summed E-state index contributed by atoms with van der Waals surface area (Å²) in [5.74, 6) is 0.549. The van der Waals surface area contributed by atoms with Crippen molar-refractivity contribution >= 4 is 17.5 Å². The second kappa shape index (κ2) is 5.68. The Balaban J connectivity index is 1.71. The fraction of sp³-hybridized carbons (Fsp3) is 0.235. The lowest BCUT2D eigenvalue weighted by atomic mass is 9.99. The van der Waals surface area contributed by atoms with Crippen LogP contribution in [0.1, 0.15) is 28.3 Å². The third-order valence-electron chi connectivity index (χ3n) is 3.84. The minimum Gasteiger partial charge on any atom is -0.338 e. The van der Waals surface area contributed by atoms with Gasteiger partial charge in [-0.3, -0.25) is 4.79 Å². The summed E-state index contributed by atoms with van der Waals surface area (Å²) in [7, 11) is 0. The molecule has 0 aromatic heterocycles. The summed E-state index contributed by atoms with van der Waals surface area (Å²) >= 11 is 5.85. The number of carbonyl (C=O) groups excluding carboxylic acids is 1. The van der Waals surface area contributed by atoms with Crippen LogP contribution in [0.2, 0.25) is 5.02 Å². The lowest BCUT2D eigenvalue weighted by molar-refractivity contribution is 0.0791. The Morgan fingerprint density at radius 1 is 1.05 bits per heavy atom. The molecule has 1 aliphatic rings. The first-order chi connectivity index (χ1) is 9.74. The largest absolute Gasteiger partial charge is 0.338 e. The Hall–Kier alpha value is -1.80. The molecule has 1 amide bonds. The number of nitrogens with zero attached hydrogens (tertiary/aromatic N) is 1. The van der Waals surface area contributed by atoms with Gasteiger partial charge < -0.3 is 4.90 Å². The quantitative estimate of drug-likeness (QED) is 0.817. The van der Waals surface area contributed by atoms with Gasteiger partial charge in [0.1, 0.15) is 0 Å². The number of hydrogen-bond acceptors (Lipinski definition) is 1. The Morgan fingerprint density at radius 3 is 2.45 bits per heavy atom. The second-order valence-electron chi connectivity index (χ2n) is 5.15. The van der Waals surface area contributed by atoms with Crippen molar-refractivity contribution in [2.24, 2.45) is 0 Å².